The van der Waals surface area contributed by atoms with Crippen LogP contribution in [0, 0.1) is 33.8 Å². The summed E-state index contributed by atoms with van der Waals surface area (Å²) in [7, 11) is 0. The standard InChI is InChI=1S/C15H16N.Ir/c1-10-6-5-7-14(8-10)15-9-11(2)12(3)13(4)16-15;/h5-6,8-9H,1-4H3;/q-1;. The maximum absolute atomic E-state index is 4.61. The van der Waals surface area contributed by atoms with E-state index in [1.165, 1.54) is 16.7 Å². The molecule has 0 fully saturated rings. The van der Waals surface area contributed by atoms with Gasteiger partial charge in [0.05, 0.1) is 0 Å². The molecule has 0 unspecified atom stereocenters. The van der Waals surface area contributed by atoms with E-state index in [1.807, 2.05) is 6.07 Å². The fourth-order valence-corrected chi connectivity index (χ4v) is 1.76. The number of hydrogen-bond donors (Lipinski definition) is 0. The summed E-state index contributed by atoms with van der Waals surface area (Å²) in [6.07, 6.45) is 0. The predicted octanol–water partition coefficient (Wildman–Crippen LogP) is 3.78. The van der Waals surface area contributed by atoms with Gasteiger partial charge in [0, 0.05) is 25.8 Å². The molecule has 1 aromatic carbocycles. The molecule has 0 bridgehead atoms. The van der Waals surface area contributed by atoms with Crippen LogP contribution < -0.4 is 0 Å². The Morgan fingerprint density at radius 1 is 1.06 bits per heavy atom. The molecular formula is C15H16IrN-. The van der Waals surface area contributed by atoms with E-state index in [0.717, 1.165) is 17.0 Å². The zero-order valence-corrected chi connectivity index (χ0v) is 13.0. The largest absolute Gasteiger partial charge is 0.301 e. The Kier molecular flexibility index (Phi) is 4.61. The van der Waals surface area contributed by atoms with Crippen LogP contribution in [-0.2, 0) is 20.1 Å². The van der Waals surface area contributed by atoms with E-state index in [-0.39, 0.29) is 20.1 Å². The molecule has 1 heterocycles. The summed E-state index contributed by atoms with van der Waals surface area (Å²) < 4.78 is 0. The first-order valence-corrected chi connectivity index (χ1v) is 5.51. The van der Waals surface area contributed by atoms with Crippen LogP contribution in [0.4, 0.5) is 0 Å². The van der Waals surface area contributed by atoms with E-state index in [9.17, 15) is 0 Å². The molecule has 0 aliphatic carbocycles. The van der Waals surface area contributed by atoms with Gasteiger partial charge in [0.15, 0.2) is 0 Å². The number of hydrogen-bond acceptors (Lipinski definition) is 1. The van der Waals surface area contributed by atoms with Gasteiger partial charge in [-0.15, -0.1) is 35.4 Å². The van der Waals surface area contributed by atoms with Gasteiger partial charge in [0.2, 0.25) is 0 Å². The van der Waals surface area contributed by atoms with Gasteiger partial charge in [0.1, 0.15) is 0 Å². The van der Waals surface area contributed by atoms with Crippen LogP contribution >= 0.6 is 0 Å². The third-order valence-electron chi connectivity index (χ3n) is 3.01. The number of aromatic nitrogens is 1. The first-order valence-electron chi connectivity index (χ1n) is 5.51. The summed E-state index contributed by atoms with van der Waals surface area (Å²) in [6, 6.07) is 11.5. The Morgan fingerprint density at radius 2 is 1.76 bits per heavy atom. The van der Waals surface area contributed by atoms with Crippen molar-refractivity contribution in [2.45, 2.75) is 27.7 Å². The molecule has 1 aromatic heterocycles. The predicted molar refractivity (Wildman–Crippen MR) is 67.5 cm³/mol. The van der Waals surface area contributed by atoms with Gasteiger partial charge < -0.3 is 4.98 Å². The third-order valence-corrected chi connectivity index (χ3v) is 3.01. The molecule has 91 valence electrons. The van der Waals surface area contributed by atoms with Crippen molar-refractivity contribution in [1.29, 1.82) is 0 Å². The molecule has 17 heavy (non-hydrogen) atoms. The van der Waals surface area contributed by atoms with Crippen molar-refractivity contribution < 1.29 is 20.1 Å². The van der Waals surface area contributed by atoms with Crippen LogP contribution in [0.15, 0.2) is 24.3 Å². The average Bonchev–Trinajstić information content (AvgIpc) is 2.25. The molecule has 0 atom stereocenters. The maximum Gasteiger partial charge on any atom is 0.0297 e. The van der Waals surface area contributed by atoms with Crippen LogP contribution in [0.25, 0.3) is 11.3 Å². The van der Waals surface area contributed by atoms with Crippen molar-refractivity contribution in [1.82, 2.24) is 4.98 Å². The van der Waals surface area contributed by atoms with E-state index in [4.69, 9.17) is 0 Å². The molecule has 0 spiro atoms. The Balaban J connectivity index is 0.00000144. The first kappa shape index (κ1) is 14.1. The smallest absolute Gasteiger partial charge is 0.0297 e. The van der Waals surface area contributed by atoms with E-state index in [0.29, 0.717) is 0 Å². The average molecular weight is 403 g/mol. The van der Waals surface area contributed by atoms with Gasteiger partial charge in [-0.1, -0.05) is 18.6 Å². The summed E-state index contributed by atoms with van der Waals surface area (Å²) in [6.45, 7) is 8.39. The van der Waals surface area contributed by atoms with Crippen molar-refractivity contribution in [3.05, 3.63) is 52.7 Å². The number of aryl methyl sites for hydroxylation is 3. The first-order chi connectivity index (χ1) is 7.58. The molecule has 2 rings (SSSR count). The van der Waals surface area contributed by atoms with Gasteiger partial charge in [-0.05, 0) is 32.0 Å². The second-order valence-corrected chi connectivity index (χ2v) is 4.31. The van der Waals surface area contributed by atoms with Gasteiger partial charge in [-0.2, -0.15) is 0 Å². The minimum atomic E-state index is 0. The van der Waals surface area contributed by atoms with Crippen LogP contribution in [-0.4, -0.2) is 4.98 Å². The topological polar surface area (TPSA) is 12.9 Å². The number of pyridine rings is 1. The number of nitrogens with zero attached hydrogens (tertiary/aromatic N) is 1. The Labute approximate surface area is 117 Å². The van der Waals surface area contributed by atoms with Crippen molar-refractivity contribution >= 4 is 0 Å². The molecule has 0 amide bonds. The van der Waals surface area contributed by atoms with Crippen LogP contribution in [0.3, 0.4) is 0 Å². The van der Waals surface area contributed by atoms with Crippen LogP contribution in [0.5, 0.6) is 0 Å². The molecule has 0 aliphatic rings. The molecular weight excluding hydrogens is 386 g/mol. The van der Waals surface area contributed by atoms with Gasteiger partial charge in [-0.3, -0.25) is 0 Å². The summed E-state index contributed by atoms with van der Waals surface area (Å²) >= 11 is 0. The van der Waals surface area contributed by atoms with E-state index in [1.54, 1.807) is 0 Å². The normalized spacial score (nSPS) is 9.88. The summed E-state index contributed by atoms with van der Waals surface area (Å²) in [5.74, 6) is 0. The molecule has 1 radical (unpaired) electrons. The quantitative estimate of drug-likeness (QED) is 0.662. The SMILES string of the molecule is Cc1cc[c-]c(-c2cc(C)c(C)c(C)n2)c1.[Ir]. The Bertz CT molecular complexity index is 509. The van der Waals surface area contributed by atoms with E-state index >= 15 is 0 Å². The minimum absolute atomic E-state index is 0. The third kappa shape index (κ3) is 3.02. The zero-order chi connectivity index (χ0) is 11.7. The summed E-state index contributed by atoms with van der Waals surface area (Å²) in [5.41, 5.74) is 7.00. The van der Waals surface area contributed by atoms with Crippen molar-refractivity contribution in [2.24, 2.45) is 0 Å². The molecule has 2 aromatic rings. The van der Waals surface area contributed by atoms with Crippen molar-refractivity contribution in [3.8, 4) is 11.3 Å². The van der Waals surface area contributed by atoms with E-state index in [2.05, 4.69) is 56.9 Å². The van der Waals surface area contributed by atoms with E-state index < -0.39 is 0 Å². The molecule has 0 saturated carbocycles. The van der Waals surface area contributed by atoms with Gasteiger partial charge >= 0.3 is 0 Å². The van der Waals surface area contributed by atoms with Crippen LogP contribution in [0.2, 0.25) is 0 Å². The number of rotatable bonds is 1. The Hall–Kier alpha value is -0.981. The molecule has 0 saturated heterocycles. The Morgan fingerprint density at radius 3 is 2.35 bits per heavy atom. The second-order valence-electron chi connectivity index (χ2n) is 4.31. The number of benzene rings is 1. The van der Waals surface area contributed by atoms with Crippen molar-refractivity contribution in [3.63, 3.8) is 0 Å². The molecule has 1 nitrogen and oxygen atoms in total. The van der Waals surface area contributed by atoms with Crippen molar-refractivity contribution in [2.75, 3.05) is 0 Å². The minimum Gasteiger partial charge on any atom is -0.301 e. The fraction of sp³-hybridized carbons (Fsp3) is 0.267. The van der Waals surface area contributed by atoms with Gasteiger partial charge in [-0.25, -0.2) is 0 Å². The van der Waals surface area contributed by atoms with Crippen LogP contribution in [0.1, 0.15) is 22.4 Å². The summed E-state index contributed by atoms with van der Waals surface area (Å²) in [5, 5.41) is 0. The second kappa shape index (κ2) is 5.57. The zero-order valence-electron chi connectivity index (χ0n) is 10.6. The fourth-order valence-electron chi connectivity index (χ4n) is 1.76. The maximum atomic E-state index is 4.61. The molecule has 2 heteroatoms. The summed E-state index contributed by atoms with van der Waals surface area (Å²) in [4.78, 5) is 4.61. The monoisotopic (exact) mass is 403 g/mol. The van der Waals surface area contributed by atoms with Gasteiger partial charge in [0.25, 0.3) is 0 Å². The molecule has 0 aliphatic heterocycles. The molecule has 0 N–H and O–H groups in total.